The number of nitrogens with two attached hydrogens (primary N) is 1. The molecular formula is C11H22N2OS. The minimum atomic E-state index is -0.0730. The first-order valence-corrected chi connectivity index (χ1v) is 7.12. The van der Waals surface area contributed by atoms with Crippen LogP contribution in [0.3, 0.4) is 0 Å². The Bertz CT molecular complexity index is 203. The second-order valence-corrected chi connectivity index (χ2v) is 5.32. The maximum atomic E-state index is 11.7. The summed E-state index contributed by atoms with van der Waals surface area (Å²) in [5.74, 6) is 1.24. The van der Waals surface area contributed by atoms with Crippen LogP contribution in [0.25, 0.3) is 0 Å². The molecule has 0 spiro atoms. The van der Waals surface area contributed by atoms with Crippen molar-refractivity contribution in [2.75, 3.05) is 18.6 Å². The third-order valence-corrected chi connectivity index (χ3v) is 3.81. The second kappa shape index (κ2) is 6.38. The number of hydrogen-bond donors (Lipinski definition) is 2. The molecule has 0 unspecified atom stereocenters. The summed E-state index contributed by atoms with van der Waals surface area (Å²) in [5.41, 5.74) is 5.68. The number of nitrogens with one attached hydrogen (secondary N) is 1. The number of carbonyl (C=O) groups is 1. The van der Waals surface area contributed by atoms with Gasteiger partial charge in [0.1, 0.15) is 0 Å². The van der Waals surface area contributed by atoms with Crippen molar-refractivity contribution >= 4 is 17.7 Å². The molecule has 1 saturated carbocycles. The fraction of sp³-hybridized carbons (Fsp3) is 0.909. The van der Waals surface area contributed by atoms with Gasteiger partial charge < -0.3 is 11.1 Å². The van der Waals surface area contributed by atoms with E-state index in [1.54, 1.807) is 11.8 Å². The SMILES string of the molecule is CSCCCC(=O)NC1(CN)CCCC1. The first kappa shape index (κ1) is 12.8. The largest absolute Gasteiger partial charge is 0.349 e. The zero-order valence-corrected chi connectivity index (χ0v) is 10.4. The van der Waals surface area contributed by atoms with E-state index in [1.165, 1.54) is 12.8 Å². The summed E-state index contributed by atoms with van der Waals surface area (Å²) in [6.45, 7) is 0.585. The number of amides is 1. The quantitative estimate of drug-likeness (QED) is 0.680. The zero-order valence-electron chi connectivity index (χ0n) is 9.55. The van der Waals surface area contributed by atoms with E-state index < -0.39 is 0 Å². The topological polar surface area (TPSA) is 55.1 Å². The zero-order chi connectivity index (χ0) is 11.1. The van der Waals surface area contributed by atoms with Crippen molar-refractivity contribution in [1.29, 1.82) is 0 Å². The van der Waals surface area contributed by atoms with Crippen molar-refractivity contribution in [2.24, 2.45) is 5.73 Å². The molecule has 3 nitrogen and oxygen atoms in total. The summed E-state index contributed by atoms with van der Waals surface area (Å²) in [7, 11) is 0. The normalized spacial score (nSPS) is 19.1. The van der Waals surface area contributed by atoms with Gasteiger partial charge in [-0.05, 0) is 31.3 Å². The molecule has 1 amide bonds. The standard InChI is InChI=1S/C11H22N2OS/c1-15-8-4-5-10(14)13-11(9-12)6-2-3-7-11/h2-9,12H2,1H3,(H,13,14). The highest BCUT2D eigenvalue weighted by molar-refractivity contribution is 7.98. The van der Waals surface area contributed by atoms with Crippen LogP contribution < -0.4 is 11.1 Å². The Balaban J connectivity index is 2.28. The van der Waals surface area contributed by atoms with Gasteiger partial charge in [-0.2, -0.15) is 11.8 Å². The lowest BCUT2D eigenvalue weighted by Crippen LogP contribution is -2.51. The highest BCUT2D eigenvalue weighted by atomic mass is 32.2. The van der Waals surface area contributed by atoms with Gasteiger partial charge in [-0.15, -0.1) is 0 Å². The molecule has 1 fully saturated rings. The fourth-order valence-corrected chi connectivity index (χ4v) is 2.60. The lowest BCUT2D eigenvalue weighted by Gasteiger charge is -2.28. The maximum Gasteiger partial charge on any atom is 0.220 e. The van der Waals surface area contributed by atoms with E-state index in [1.807, 2.05) is 0 Å². The van der Waals surface area contributed by atoms with Gasteiger partial charge in [0.2, 0.25) is 5.91 Å². The lowest BCUT2D eigenvalue weighted by atomic mass is 9.97. The van der Waals surface area contributed by atoms with Crippen molar-refractivity contribution in [2.45, 2.75) is 44.1 Å². The number of hydrogen-bond acceptors (Lipinski definition) is 3. The van der Waals surface area contributed by atoms with Crippen molar-refractivity contribution in [3.63, 3.8) is 0 Å². The minimum absolute atomic E-state index is 0.0730. The van der Waals surface area contributed by atoms with Gasteiger partial charge in [-0.3, -0.25) is 4.79 Å². The Morgan fingerprint density at radius 3 is 2.67 bits per heavy atom. The van der Waals surface area contributed by atoms with Crippen LogP contribution in [0, 0.1) is 0 Å². The average molecular weight is 230 g/mol. The van der Waals surface area contributed by atoms with E-state index in [0.717, 1.165) is 25.0 Å². The minimum Gasteiger partial charge on any atom is -0.349 e. The van der Waals surface area contributed by atoms with E-state index in [2.05, 4.69) is 11.6 Å². The molecule has 1 aliphatic carbocycles. The van der Waals surface area contributed by atoms with Crippen molar-refractivity contribution < 1.29 is 4.79 Å². The van der Waals surface area contributed by atoms with Gasteiger partial charge in [0.15, 0.2) is 0 Å². The molecule has 1 aliphatic rings. The molecule has 3 N–H and O–H groups in total. The smallest absolute Gasteiger partial charge is 0.220 e. The molecule has 0 saturated heterocycles. The summed E-state index contributed by atoms with van der Waals surface area (Å²) < 4.78 is 0. The van der Waals surface area contributed by atoms with Crippen LogP contribution in [0.5, 0.6) is 0 Å². The third kappa shape index (κ3) is 4.03. The first-order chi connectivity index (χ1) is 7.22. The van der Waals surface area contributed by atoms with Crippen LogP contribution in [0.15, 0.2) is 0 Å². The van der Waals surface area contributed by atoms with Gasteiger partial charge in [-0.1, -0.05) is 12.8 Å². The molecule has 0 aromatic rings. The summed E-state index contributed by atoms with van der Waals surface area (Å²) in [6, 6.07) is 0. The molecular weight excluding hydrogens is 208 g/mol. The van der Waals surface area contributed by atoms with Crippen LogP contribution in [0.2, 0.25) is 0 Å². The number of carbonyl (C=O) groups excluding carboxylic acids is 1. The average Bonchev–Trinajstić information content (AvgIpc) is 2.67. The van der Waals surface area contributed by atoms with Gasteiger partial charge in [0.05, 0.1) is 5.54 Å². The van der Waals surface area contributed by atoms with Crippen molar-refractivity contribution in [1.82, 2.24) is 5.32 Å². The molecule has 0 aliphatic heterocycles. The first-order valence-electron chi connectivity index (χ1n) is 5.72. The van der Waals surface area contributed by atoms with E-state index in [9.17, 15) is 4.79 Å². The van der Waals surface area contributed by atoms with Crippen LogP contribution in [-0.2, 0) is 4.79 Å². The Hall–Kier alpha value is -0.220. The third-order valence-electron chi connectivity index (χ3n) is 3.11. The Kier molecular flexibility index (Phi) is 5.47. The molecule has 88 valence electrons. The lowest BCUT2D eigenvalue weighted by molar-refractivity contribution is -0.122. The maximum absolute atomic E-state index is 11.7. The van der Waals surface area contributed by atoms with Gasteiger partial charge in [-0.25, -0.2) is 0 Å². The van der Waals surface area contributed by atoms with E-state index >= 15 is 0 Å². The van der Waals surface area contributed by atoms with Gasteiger partial charge >= 0.3 is 0 Å². The predicted octanol–water partition coefficient (Wildman–Crippen LogP) is 1.52. The highest BCUT2D eigenvalue weighted by Gasteiger charge is 2.33. The highest BCUT2D eigenvalue weighted by Crippen LogP contribution is 2.28. The number of thioether (sulfide) groups is 1. The molecule has 0 aromatic carbocycles. The molecule has 4 heteroatoms. The van der Waals surface area contributed by atoms with E-state index in [-0.39, 0.29) is 11.4 Å². The van der Waals surface area contributed by atoms with Gasteiger partial charge in [0.25, 0.3) is 0 Å². The molecule has 1 rings (SSSR count). The monoisotopic (exact) mass is 230 g/mol. The van der Waals surface area contributed by atoms with E-state index in [4.69, 9.17) is 5.73 Å². The molecule has 0 aromatic heterocycles. The Morgan fingerprint density at radius 1 is 1.47 bits per heavy atom. The molecule has 0 atom stereocenters. The summed E-state index contributed by atoms with van der Waals surface area (Å²) >= 11 is 1.79. The van der Waals surface area contributed by atoms with Crippen LogP contribution in [-0.4, -0.2) is 30.0 Å². The van der Waals surface area contributed by atoms with Crippen molar-refractivity contribution in [3.05, 3.63) is 0 Å². The molecule has 0 bridgehead atoms. The van der Waals surface area contributed by atoms with Gasteiger partial charge in [0, 0.05) is 13.0 Å². The molecule has 0 heterocycles. The van der Waals surface area contributed by atoms with Crippen LogP contribution >= 0.6 is 11.8 Å². The van der Waals surface area contributed by atoms with Crippen LogP contribution in [0.1, 0.15) is 38.5 Å². The predicted molar refractivity (Wildman–Crippen MR) is 66.0 cm³/mol. The summed E-state index contributed by atoms with van der Waals surface area (Å²) in [4.78, 5) is 11.7. The summed E-state index contributed by atoms with van der Waals surface area (Å²) in [6.07, 6.45) is 8.17. The summed E-state index contributed by atoms with van der Waals surface area (Å²) in [5, 5.41) is 3.13. The number of rotatable bonds is 6. The Morgan fingerprint density at radius 2 is 2.13 bits per heavy atom. The fourth-order valence-electron chi connectivity index (χ4n) is 2.17. The van der Waals surface area contributed by atoms with E-state index in [0.29, 0.717) is 13.0 Å². The van der Waals surface area contributed by atoms with Crippen molar-refractivity contribution in [3.8, 4) is 0 Å². The second-order valence-electron chi connectivity index (χ2n) is 4.34. The molecule has 0 radical (unpaired) electrons. The Labute approximate surface area is 96.6 Å². The molecule has 15 heavy (non-hydrogen) atoms. The van der Waals surface area contributed by atoms with Crippen LogP contribution in [0.4, 0.5) is 0 Å².